The zero-order chi connectivity index (χ0) is 12.7. The van der Waals surface area contributed by atoms with Gasteiger partial charge in [0.1, 0.15) is 11.3 Å². The first-order valence-electron chi connectivity index (χ1n) is 6.25. The zero-order valence-electron chi connectivity index (χ0n) is 10.2. The fourth-order valence-electron chi connectivity index (χ4n) is 2.67. The number of anilines is 1. The second kappa shape index (κ2) is 4.39. The molecule has 0 fully saturated rings. The summed E-state index contributed by atoms with van der Waals surface area (Å²) in [7, 11) is 0. The standard InChI is InChI=1S/C14H14ClFN2/c1-2-17-13-8-4-3-5-11(8)18-14-10(16)7-6-9(15)12(13)14/h6-7H,2-5H2,1H3,(H,17,18). The summed E-state index contributed by atoms with van der Waals surface area (Å²) in [4.78, 5) is 4.46. The maximum absolute atomic E-state index is 13.9. The molecule has 3 rings (SSSR count). The molecule has 0 aliphatic heterocycles. The van der Waals surface area contributed by atoms with Crippen molar-refractivity contribution < 1.29 is 4.39 Å². The summed E-state index contributed by atoms with van der Waals surface area (Å²) < 4.78 is 13.9. The van der Waals surface area contributed by atoms with E-state index in [0.29, 0.717) is 10.5 Å². The molecule has 0 saturated heterocycles. The first-order chi connectivity index (χ1) is 8.72. The van der Waals surface area contributed by atoms with Crippen molar-refractivity contribution in [1.29, 1.82) is 0 Å². The van der Waals surface area contributed by atoms with Gasteiger partial charge in [-0.15, -0.1) is 0 Å². The molecular formula is C14H14ClFN2. The van der Waals surface area contributed by atoms with E-state index in [1.54, 1.807) is 6.07 Å². The molecule has 1 aromatic heterocycles. The van der Waals surface area contributed by atoms with Gasteiger partial charge in [0, 0.05) is 17.6 Å². The minimum Gasteiger partial charge on any atom is -0.384 e. The summed E-state index contributed by atoms with van der Waals surface area (Å²) in [5.74, 6) is -0.303. The quantitative estimate of drug-likeness (QED) is 0.888. The summed E-state index contributed by atoms with van der Waals surface area (Å²) in [5, 5.41) is 4.61. The Balaban J connectivity index is 2.42. The predicted molar refractivity (Wildman–Crippen MR) is 72.9 cm³/mol. The van der Waals surface area contributed by atoms with Gasteiger partial charge in [0.2, 0.25) is 0 Å². The van der Waals surface area contributed by atoms with E-state index in [1.807, 2.05) is 6.92 Å². The molecule has 2 nitrogen and oxygen atoms in total. The minimum atomic E-state index is -0.303. The van der Waals surface area contributed by atoms with E-state index in [1.165, 1.54) is 11.6 Å². The lowest BCUT2D eigenvalue weighted by Crippen LogP contribution is -2.04. The van der Waals surface area contributed by atoms with Crippen molar-refractivity contribution in [2.75, 3.05) is 11.9 Å². The number of hydrogen-bond acceptors (Lipinski definition) is 2. The van der Waals surface area contributed by atoms with Gasteiger partial charge in [-0.05, 0) is 43.9 Å². The molecule has 1 heterocycles. The van der Waals surface area contributed by atoms with Gasteiger partial charge < -0.3 is 5.32 Å². The zero-order valence-corrected chi connectivity index (χ0v) is 10.9. The third-order valence-electron chi connectivity index (χ3n) is 3.42. The fourth-order valence-corrected chi connectivity index (χ4v) is 2.91. The van der Waals surface area contributed by atoms with Gasteiger partial charge in [0.15, 0.2) is 0 Å². The summed E-state index contributed by atoms with van der Waals surface area (Å²) in [6, 6.07) is 2.98. The number of halogens is 2. The topological polar surface area (TPSA) is 24.9 Å². The first-order valence-corrected chi connectivity index (χ1v) is 6.63. The lowest BCUT2D eigenvalue weighted by Gasteiger charge is -2.14. The minimum absolute atomic E-state index is 0.303. The Morgan fingerprint density at radius 1 is 1.39 bits per heavy atom. The maximum atomic E-state index is 13.9. The van der Waals surface area contributed by atoms with Crippen LogP contribution in [-0.2, 0) is 12.8 Å². The Morgan fingerprint density at radius 2 is 2.22 bits per heavy atom. The monoisotopic (exact) mass is 264 g/mol. The second-order valence-corrected chi connectivity index (χ2v) is 4.96. The van der Waals surface area contributed by atoms with E-state index >= 15 is 0 Å². The van der Waals surface area contributed by atoms with E-state index in [0.717, 1.165) is 42.6 Å². The second-order valence-electron chi connectivity index (χ2n) is 4.55. The molecule has 18 heavy (non-hydrogen) atoms. The van der Waals surface area contributed by atoms with Gasteiger partial charge in [-0.2, -0.15) is 0 Å². The average Bonchev–Trinajstić information content (AvgIpc) is 2.82. The van der Waals surface area contributed by atoms with Crippen LogP contribution in [0.4, 0.5) is 10.1 Å². The third kappa shape index (κ3) is 1.65. The molecular weight excluding hydrogens is 251 g/mol. The average molecular weight is 265 g/mol. The Bertz CT molecular complexity index is 625. The van der Waals surface area contributed by atoms with Crippen molar-refractivity contribution in [3.05, 3.63) is 34.2 Å². The van der Waals surface area contributed by atoms with E-state index < -0.39 is 0 Å². The van der Waals surface area contributed by atoms with Crippen molar-refractivity contribution in [3.63, 3.8) is 0 Å². The number of benzene rings is 1. The predicted octanol–water partition coefficient (Wildman–Crippen LogP) is 3.95. The number of aryl methyl sites for hydroxylation is 1. The molecule has 0 saturated carbocycles. The van der Waals surface area contributed by atoms with Crippen molar-refractivity contribution in [2.45, 2.75) is 26.2 Å². The lowest BCUT2D eigenvalue weighted by atomic mass is 10.1. The number of fused-ring (bicyclic) bond motifs is 2. The van der Waals surface area contributed by atoms with Crippen molar-refractivity contribution in [3.8, 4) is 0 Å². The summed E-state index contributed by atoms with van der Waals surface area (Å²) in [6.07, 6.45) is 3.00. The number of nitrogens with one attached hydrogen (secondary N) is 1. The largest absolute Gasteiger partial charge is 0.384 e. The van der Waals surface area contributed by atoms with Crippen LogP contribution in [0.5, 0.6) is 0 Å². The van der Waals surface area contributed by atoms with Gasteiger partial charge in [0.25, 0.3) is 0 Å². The molecule has 94 valence electrons. The molecule has 4 heteroatoms. The Hall–Kier alpha value is -1.35. The fraction of sp³-hybridized carbons (Fsp3) is 0.357. The molecule has 1 aliphatic rings. The first kappa shape index (κ1) is 11.7. The van der Waals surface area contributed by atoms with Crippen LogP contribution in [0.15, 0.2) is 12.1 Å². The molecule has 1 aromatic carbocycles. The van der Waals surface area contributed by atoms with E-state index in [2.05, 4.69) is 10.3 Å². The molecule has 2 aromatic rings. The molecule has 1 N–H and O–H groups in total. The van der Waals surface area contributed by atoms with Gasteiger partial charge >= 0.3 is 0 Å². The summed E-state index contributed by atoms with van der Waals surface area (Å²) in [5.41, 5.74) is 3.58. The van der Waals surface area contributed by atoms with Crippen LogP contribution in [0, 0.1) is 5.82 Å². The Kier molecular flexibility index (Phi) is 2.86. The van der Waals surface area contributed by atoms with Crippen LogP contribution in [-0.4, -0.2) is 11.5 Å². The lowest BCUT2D eigenvalue weighted by molar-refractivity contribution is 0.636. The van der Waals surface area contributed by atoms with Gasteiger partial charge in [-0.25, -0.2) is 9.37 Å². The van der Waals surface area contributed by atoms with Gasteiger partial charge in [-0.3, -0.25) is 0 Å². The van der Waals surface area contributed by atoms with Crippen molar-refractivity contribution >= 4 is 28.2 Å². The number of rotatable bonds is 2. The molecule has 0 radical (unpaired) electrons. The number of nitrogens with zero attached hydrogens (tertiary/aromatic N) is 1. The summed E-state index contributed by atoms with van der Waals surface area (Å²) >= 11 is 6.22. The highest BCUT2D eigenvalue weighted by molar-refractivity contribution is 6.36. The number of hydrogen-bond donors (Lipinski definition) is 1. The van der Waals surface area contributed by atoms with E-state index in [9.17, 15) is 4.39 Å². The van der Waals surface area contributed by atoms with Crippen LogP contribution >= 0.6 is 11.6 Å². The Morgan fingerprint density at radius 3 is 3.00 bits per heavy atom. The number of aromatic nitrogens is 1. The van der Waals surface area contributed by atoms with E-state index in [-0.39, 0.29) is 5.82 Å². The van der Waals surface area contributed by atoms with Gasteiger partial charge in [0.05, 0.1) is 10.7 Å². The van der Waals surface area contributed by atoms with Crippen LogP contribution in [0.3, 0.4) is 0 Å². The van der Waals surface area contributed by atoms with Crippen LogP contribution in [0.25, 0.3) is 10.9 Å². The van der Waals surface area contributed by atoms with Crippen molar-refractivity contribution in [2.24, 2.45) is 0 Å². The summed E-state index contributed by atoms with van der Waals surface area (Å²) in [6.45, 7) is 2.82. The van der Waals surface area contributed by atoms with Crippen LogP contribution < -0.4 is 5.32 Å². The molecule has 0 atom stereocenters. The third-order valence-corrected chi connectivity index (χ3v) is 3.73. The molecule has 0 amide bonds. The van der Waals surface area contributed by atoms with Crippen molar-refractivity contribution in [1.82, 2.24) is 4.98 Å². The maximum Gasteiger partial charge on any atom is 0.149 e. The Labute approximate surface area is 110 Å². The highest BCUT2D eigenvalue weighted by Crippen LogP contribution is 2.38. The number of pyridine rings is 1. The highest BCUT2D eigenvalue weighted by Gasteiger charge is 2.22. The normalized spacial score (nSPS) is 13.9. The SMILES string of the molecule is CCNc1c2c(nc3c(F)ccc(Cl)c13)CCC2. The molecule has 0 spiro atoms. The molecule has 1 aliphatic carbocycles. The van der Waals surface area contributed by atoms with Crippen LogP contribution in [0.1, 0.15) is 24.6 Å². The smallest absolute Gasteiger partial charge is 0.149 e. The van der Waals surface area contributed by atoms with Gasteiger partial charge in [-0.1, -0.05) is 11.6 Å². The molecule has 0 bridgehead atoms. The van der Waals surface area contributed by atoms with E-state index in [4.69, 9.17) is 11.6 Å². The van der Waals surface area contributed by atoms with Crippen LogP contribution in [0.2, 0.25) is 5.02 Å². The highest BCUT2D eigenvalue weighted by atomic mass is 35.5. The molecule has 0 unspecified atom stereocenters.